The van der Waals surface area contributed by atoms with Crippen molar-refractivity contribution in [3.63, 3.8) is 0 Å². The molecule has 0 bridgehead atoms. The zero-order chi connectivity index (χ0) is 25.0. The van der Waals surface area contributed by atoms with E-state index in [2.05, 4.69) is 19.9 Å². The monoisotopic (exact) mass is 495 g/mol. The average Bonchev–Trinajstić information content (AvgIpc) is 3.28. The van der Waals surface area contributed by atoms with Crippen molar-refractivity contribution in [2.24, 2.45) is 4.99 Å². The molecule has 4 aromatic rings. The molecule has 0 radical (unpaired) electrons. The highest BCUT2D eigenvalue weighted by atomic mass is 32.2. The molecule has 2 aromatic carbocycles. The number of hydrogen-bond donors (Lipinski definition) is 0. The molecule has 0 saturated carbocycles. The number of hydrogen-bond acceptors (Lipinski definition) is 9. The molecule has 0 fully saturated rings. The number of aromatic nitrogens is 4. The molecule has 2 heterocycles. The van der Waals surface area contributed by atoms with Crippen LogP contribution in [-0.2, 0) is 16.4 Å². The first-order valence-corrected chi connectivity index (χ1v) is 11.8. The first-order chi connectivity index (χ1) is 16.8. The first kappa shape index (κ1) is 23.8. The van der Waals surface area contributed by atoms with Crippen molar-refractivity contribution in [1.82, 2.24) is 23.8 Å². The van der Waals surface area contributed by atoms with Crippen LogP contribution >= 0.6 is 0 Å². The fourth-order valence-corrected chi connectivity index (χ4v) is 4.34. The molecule has 4 rings (SSSR count). The van der Waals surface area contributed by atoms with Gasteiger partial charge >= 0.3 is 0 Å². The second-order valence-electron chi connectivity index (χ2n) is 7.59. The summed E-state index contributed by atoms with van der Waals surface area (Å²) in [6, 6.07) is 14.3. The Morgan fingerprint density at radius 1 is 1.11 bits per heavy atom. The fraction of sp³-hybridized carbons (Fsp3) is 0.182. The van der Waals surface area contributed by atoms with Crippen molar-refractivity contribution in [2.45, 2.75) is 11.3 Å². The van der Waals surface area contributed by atoms with E-state index in [0.29, 0.717) is 6.42 Å². The Hall–Kier alpha value is -4.39. The van der Waals surface area contributed by atoms with Crippen LogP contribution in [0.1, 0.15) is 5.56 Å². The van der Waals surface area contributed by atoms with Crippen molar-refractivity contribution >= 4 is 39.2 Å². The lowest BCUT2D eigenvalue weighted by atomic mass is 10.2. The average molecular weight is 496 g/mol. The zero-order valence-corrected chi connectivity index (χ0v) is 19.7. The largest absolute Gasteiger partial charge is 0.476 e. The number of benzene rings is 2. The number of non-ortho nitro benzene ring substituents is 1. The van der Waals surface area contributed by atoms with Crippen LogP contribution in [0, 0.1) is 10.1 Å². The minimum atomic E-state index is -4.17. The van der Waals surface area contributed by atoms with Gasteiger partial charge in [0.1, 0.15) is 6.33 Å². The molecule has 0 unspecified atom stereocenters. The molecule has 0 atom stereocenters. The van der Waals surface area contributed by atoms with Crippen molar-refractivity contribution in [1.29, 1.82) is 0 Å². The third kappa shape index (κ3) is 5.24. The Labute approximate surface area is 200 Å². The third-order valence-corrected chi connectivity index (χ3v) is 6.46. The predicted octanol–water partition coefficient (Wildman–Crippen LogP) is 2.81. The molecule has 0 aliphatic rings. The number of nitro benzene ring substituents is 1. The van der Waals surface area contributed by atoms with Gasteiger partial charge in [-0.2, -0.15) is 9.97 Å². The van der Waals surface area contributed by atoms with E-state index in [1.807, 2.05) is 30.3 Å². The highest BCUT2D eigenvalue weighted by molar-refractivity contribution is 7.90. The number of ether oxygens (including phenoxy) is 1. The summed E-state index contributed by atoms with van der Waals surface area (Å²) in [4.78, 5) is 28.8. The Balaban J connectivity index is 1.73. The van der Waals surface area contributed by atoms with Crippen molar-refractivity contribution < 1.29 is 18.1 Å². The van der Waals surface area contributed by atoms with E-state index in [4.69, 9.17) is 4.74 Å². The van der Waals surface area contributed by atoms with E-state index in [1.165, 1.54) is 6.34 Å². The molecule has 0 N–H and O–H groups in total. The lowest BCUT2D eigenvalue weighted by molar-refractivity contribution is -0.384. The predicted molar refractivity (Wildman–Crippen MR) is 128 cm³/mol. The summed E-state index contributed by atoms with van der Waals surface area (Å²) < 4.78 is 33.3. The smallest absolute Gasteiger partial charge is 0.270 e. The van der Waals surface area contributed by atoms with Crippen LogP contribution in [0.5, 0.6) is 5.88 Å². The molecule has 12 nitrogen and oxygen atoms in total. The van der Waals surface area contributed by atoms with Crippen LogP contribution in [-0.4, -0.2) is 64.2 Å². The Morgan fingerprint density at radius 3 is 2.49 bits per heavy atom. The summed E-state index contributed by atoms with van der Waals surface area (Å²) in [7, 11) is -0.637. The fourth-order valence-electron chi connectivity index (χ4n) is 3.11. The van der Waals surface area contributed by atoms with Gasteiger partial charge in [-0.05, 0) is 17.7 Å². The van der Waals surface area contributed by atoms with Crippen LogP contribution < -0.4 is 4.74 Å². The van der Waals surface area contributed by atoms with Gasteiger partial charge in [0.2, 0.25) is 5.88 Å². The number of fused-ring (bicyclic) bond motifs is 1. The molecule has 0 amide bonds. The zero-order valence-electron chi connectivity index (χ0n) is 18.8. The lowest BCUT2D eigenvalue weighted by Gasteiger charge is -2.09. The minimum absolute atomic E-state index is 0.0124. The van der Waals surface area contributed by atoms with E-state index in [-0.39, 0.29) is 40.2 Å². The van der Waals surface area contributed by atoms with Gasteiger partial charge in [-0.1, -0.05) is 30.3 Å². The van der Waals surface area contributed by atoms with Gasteiger partial charge < -0.3 is 9.64 Å². The number of nitrogens with zero attached hydrogens (tertiary/aromatic N) is 7. The van der Waals surface area contributed by atoms with Gasteiger partial charge in [-0.15, -0.1) is 0 Å². The third-order valence-electron chi connectivity index (χ3n) is 4.80. The molecule has 0 aliphatic carbocycles. The summed E-state index contributed by atoms with van der Waals surface area (Å²) in [6.07, 6.45) is 3.17. The van der Waals surface area contributed by atoms with E-state index in [0.717, 1.165) is 40.1 Å². The van der Waals surface area contributed by atoms with Crippen LogP contribution in [0.15, 0.2) is 70.8 Å². The van der Waals surface area contributed by atoms with Crippen LogP contribution in [0.4, 0.5) is 11.6 Å². The SMILES string of the molecule is CN(C)/C=N/c1nc(OCCc2ccccc2)c2ncn(S(=O)(=O)c3ccc([N+](=O)[O-])cc3)c2n1. The van der Waals surface area contributed by atoms with Gasteiger partial charge in [0.15, 0.2) is 11.2 Å². The summed E-state index contributed by atoms with van der Waals surface area (Å²) in [5, 5.41) is 10.9. The van der Waals surface area contributed by atoms with Crippen molar-refractivity contribution in [3.05, 3.63) is 76.6 Å². The van der Waals surface area contributed by atoms with Gasteiger partial charge in [0.05, 0.1) is 22.8 Å². The van der Waals surface area contributed by atoms with E-state index in [1.54, 1.807) is 19.0 Å². The molecule has 13 heteroatoms. The topological polar surface area (TPSA) is 146 Å². The Bertz CT molecular complexity index is 1480. The molecule has 180 valence electrons. The quantitative estimate of drug-likeness (QED) is 0.148. The van der Waals surface area contributed by atoms with Crippen LogP contribution in [0.2, 0.25) is 0 Å². The Kier molecular flexibility index (Phi) is 6.68. The molecule has 0 spiro atoms. The van der Waals surface area contributed by atoms with Gasteiger partial charge in [-0.25, -0.2) is 22.4 Å². The normalized spacial score (nSPS) is 11.7. The molecule has 35 heavy (non-hydrogen) atoms. The number of rotatable bonds is 9. The molecule has 0 aliphatic heterocycles. The number of nitro groups is 1. The van der Waals surface area contributed by atoms with Crippen LogP contribution in [0.3, 0.4) is 0 Å². The summed E-state index contributed by atoms with van der Waals surface area (Å²) in [6.45, 7) is 0.273. The molecular weight excluding hydrogens is 474 g/mol. The highest BCUT2D eigenvalue weighted by Gasteiger charge is 2.24. The maximum Gasteiger partial charge on any atom is 0.270 e. The van der Waals surface area contributed by atoms with Gasteiger partial charge in [0.25, 0.3) is 21.7 Å². The second-order valence-corrected chi connectivity index (χ2v) is 9.40. The molecule has 2 aromatic heterocycles. The number of imidazole rings is 1. The maximum atomic E-state index is 13.3. The molecular formula is C22H21N7O5S. The van der Waals surface area contributed by atoms with Crippen molar-refractivity contribution in [2.75, 3.05) is 20.7 Å². The minimum Gasteiger partial charge on any atom is -0.476 e. The highest BCUT2D eigenvalue weighted by Crippen LogP contribution is 2.27. The summed E-state index contributed by atoms with van der Waals surface area (Å²) in [5.41, 5.74) is 0.956. The first-order valence-electron chi connectivity index (χ1n) is 10.4. The van der Waals surface area contributed by atoms with E-state index < -0.39 is 14.9 Å². The maximum absolute atomic E-state index is 13.3. The van der Waals surface area contributed by atoms with Gasteiger partial charge in [0, 0.05) is 32.6 Å². The van der Waals surface area contributed by atoms with Crippen molar-refractivity contribution in [3.8, 4) is 5.88 Å². The summed E-state index contributed by atoms with van der Waals surface area (Å²) in [5.74, 6) is 0.0797. The number of aliphatic imine (C=N–C) groups is 1. The standard InChI is InChI=1S/C22H21N7O5S/c1-27(2)14-24-22-25-20-19(21(26-22)34-13-12-16-6-4-3-5-7-16)23-15-28(20)35(32,33)18-10-8-17(9-11-18)29(30)31/h3-11,14-15H,12-13H2,1-2H3/b24-14+. The van der Waals surface area contributed by atoms with E-state index in [9.17, 15) is 18.5 Å². The van der Waals surface area contributed by atoms with Gasteiger partial charge in [-0.3, -0.25) is 10.1 Å². The lowest BCUT2D eigenvalue weighted by Crippen LogP contribution is -2.13. The van der Waals surface area contributed by atoms with Crippen LogP contribution in [0.25, 0.3) is 11.2 Å². The molecule has 0 saturated heterocycles. The second kappa shape index (κ2) is 9.85. The van der Waals surface area contributed by atoms with E-state index >= 15 is 0 Å². The Morgan fingerprint density at radius 2 is 1.83 bits per heavy atom. The summed E-state index contributed by atoms with van der Waals surface area (Å²) >= 11 is 0.